The van der Waals surface area contributed by atoms with Crippen LogP contribution in [-0.2, 0) is 6.42 Å². The largest absolute Gasteiger partial charge is 0.508 e. The Bertz CT molecular complexity index is 568. The first kappa shape index (κ1) is 19.1. The van der Waals surface area contributed by atoms with E-state index < -0.39 is 0 Å². The smallest absolute Gasteiger partial charge is 0.122 e. The highest BCUT2D eigenvalue weighted by atomic mass is 16.3. The predicted molar refractivity (Wildman–Crippen MR) is 98.9 cm³/mol. The quantitative estimate of drug-likeness (QED) is 0.573. The van der Waals surface area contributed by atoms with Crippen molar-refractivity contribution in [3.8, 4) is 11.5 Å². The fraction of sp³-hybridized carbons (Fsp3) is 0.429. The molecule has 0 aromatic heterocycles. The Morgan fingerprint density at radius 1 is 0.826 bits per heavy atom. The van der Waals surface area contributed by atoms with E-state index >= 15 is 0 Å². The average Bonchev–Trinajstić information content (AvgIpc) is 2.46. The van der Waals surface area contributed by atoms with Gasteiger partial charge >= 0.3 is 0 Å². The highest BCUT2D eigenvalue weighted by molar-refractivity contribution is 5.44. The van der Waals surface area contributed by atoms with Crippen LogP contribution in [0.1, 0.15) is 58.9 Å². The number of phenols is 2. The Balaban J connectivity index is 2.44. The number of hydrogen-bond acceptors (Lipinski definition) is 2. The second kappa shape index (κ2) is 9.94. The maximum atomic E-state index is 9.77. The molecule has 0 aliphatic carbocycles. The van der Waals surface area contributed by atoms with Gasteiger partial charge in [-0.1, -0.05) is 41.0 Å². The highest BCUT2D eigenvalue weighted by Gasteiger charge is 2.04. The van der Waals surface area contributed by atoms with Crippen LogP contribution in [0.15, 0.2) is 53.1 Å². The number of rotatable bonds is 8. The molecular formula is C21H30O2. The minimum Gasteiger partial charge on any atom is -0.508 e. The zero-order valence-electron chi connectivity index (χ0n) is 14.9. The molecule has 0 aliphatic heterocycles. The van der Waals surface area contributed by atoms with E-state index in [0.717, 1.165) is 25.7 Å². The van der Waals surface area contributed by atoms with Crippen molar-refractivity contribution >= 4 is 0 Å². The van der Waals surface area contributed by atoms with Gasteiger partial charge in [-0.3, -0.25) is 0 Å². The summed E-state index contributed by atoms with van der Waals surface area (Å²) in [7, 11) is 0. The summed E-state index contributed by atoms with van der Waals surface area (Å²) < 4.78 is 0. The third-order valence-electron chi connectivity index (χ3n) is 3.90. The van der Waals surface area contributed by atoms with Crippen molar-refractivity contribution in [1.29, 1.82) is 0 Å². The van der Waals surface area contributed by atoms with Crippen LogP contribution < -0.4 is 0 Å². The van der Waals surface area contributed by atoms with Gasteiger partial charge in [-0.25, -0.2) is 0 Å². The molecule has 0 unspecified atom stereocenters. The summed E-state index contributed by atoms with van der Waals surface area (Å²) in [4.78, 5) is 0. The van der Waals surface area contributed by atoms with Gasteiger partial charge in [-0.15, -0.1) is 0 Å². The lowest BCUT2D eigenvalue weighted by molar-refractivity contribution is 0.441. The second-order valence-corrected chi connectivity index (χ2v) is 6.44. The molecule has 0 amide bonds. The first-order valence-corrected chi connectivity index (χ1v) is 8.34. The van der Waals surface area contributed by atoms with E-state index in [9.17, 15) is 10.2 Å². The van der Waals surface area contributed by atoms with E-state index in [1.807, 2.05) is 0 Å². The zero-order valence-corrected chi connectivity index (χ0v) is 14.9. The zero-order chi connectivity index (χ0) is 17.2. The molecular weight excluding hydrogens is 284 g/mol. The Hall–Kier alpha value is -1.96. The summed E-state index contributed by atoms with van der Waals surface area (Å²) in [6, 6.07) is 4.86. The summed E-state index contributed by atoms with van der Waals surface area (Å²) >= 11 is 0. The second-order valence-electron chi connectivity index (χ2n) is 6.44. The van der Waals surface area contributed by atoms with Crippen molar-refractivity contribution < 1.29 is 10.2 Å². The van der Waals surface area contributed by atoms with E-state index in [4.69, 9.17) is 0 Å². The van der Waals surface area contributed by atoms with E-state index in [1.54, 1.807) is 18.2 Å². The lowest BCUT2D eigenvalue weighted by atomic mass is 10.0. The van der Waals surface area contributed by atoms with Gasteiger partial charge in [0, 0.05) is 5.56 Å². The molecule has 0 atom stereocenters. The first-order valence-electron chi connectivity index (χ1n) is 8.34. The van der Waals surface area contributed by atoms with E-state index in [-0.39, 0.29) is 11.5 Å². The van der Waals surface area contributed by atoms with Crippen LogP contribution in [0.2, 0.25) is 0 Å². The van der Waals surface area contributed by atoms with Crippen LogP contribution in [0.3, 0.4) is 0 Å². The fourth-order valence-electron chi connectivity index (χ4n) is 2.39. The summed E-state index contributed by atoms with van der Waals surface area (Å²) in [5, 5.41) is 19.5. The third kappa shape index (κ3) is 7.73. The molecule has 0 aliphatic rings. The van der Waals surface area contributed by atoms with E-state index in [1.165, 1.54) is 16.7 Å². The number of hydrogen-bond donors (Lipinski definition) is 2. The third-order valence-corrected chi connectivity index (χ3v) is 3.90. The molecule has 0 radical (unpaired) electrons. The molecule has 0 saturated heterocycles. The minimum atomic E-state index is 0.157. The molecule has 2 heteroatoms. The molecule has 2 N–H and O–H groups in total. The summed E-state index contributed by atoms with van der Waals surface area (Å²) in [6.45, 7) is 8.56. The molecule has 0 bridgehead atoms. The Labute approximate surface area is 140 Å². The maximum Gasteiger partial charge on any atom is 0.122 e. The molecule has 23 heavy (non-hydrogen) atoms. The molecule has 1 aromatic rings. The van der Waals surface area contributed by atoms with Crippen LogP contribution in [0, 0.1) is 0 Å². The van der Waals surface area contributed by atoms with Crippen molar-refractivity contribution in [2.45, 2.75) is 59.8 Å². The van der Waals surface area contributed by atoms with Gasteiger partial charge in [0.05, 0.1) is 0 Å². The predicted octanol–water partition coefficient (Wildman–Crippen LogP) is 6.06. The normalized spacial score (nSPS) is 12.3. The summed E-state index contributed by atoms with van der Waals surface area (Å²) in [5.41, 5.74) is 4.69. The first-order chi connectivity index (χ1) is 10.9. The van der Waals surface area contributed by atoms with E-state index in [2.05, 4.69) is 45.9 Å². The van der Waals surface area contributed by atoms with E-state index in [0.29, 0.717) is 12.0 Å². The number of benzene rings is 1. The van der Waals surface area contributed by atoms with Crippen molar-refractivity contribution in [2.24, 2.45) is 0 Å². The lowest BCUT2D eigenvalue weighted by Crippen LogP contribution is -1.86. The van der Waals surface area contributed by atoms with Crippen LogP contribution in [0.25, 0.3) is 0 Å². The van der Waals surface area contributed by atoms with Gasteiger partial charge in [-0.2, -0.15) is 0 Å². The Morgan fingerprint density at radius 2 is 1.35 bits per heavy atom. The molecule has 0 fully saturated rings. The number of aromatic hydroxyl groups is 2. The van der Waals surface area contributed by atoms with Gasteiger partial charge in [0.25, 0.3) is 0 Å². The standard InChI is InChI=1S/C21H30O2/c1-16(2)8-5-9-17(3)10-6-11-18(4)14-15-19-20(22)12-7-13-21(19)23/h7-8,10,12-14,22-23H,5-6,9,11,15H2,1-4H3/b17-10+,18-14+. The molecule has 2 nitrogen and oxygen atoms in total. The van der Waals surface area contributed by atoms with Gasteiger partial charge in [-0.05, 0) is 71.9 Å². The maximum absolute atomic E-state index is 9.77. The van der Waals surface area contributed by atoms with Crippen LogP contribution in [0.5, 0.6) is 11.5 Å². The lowest BCUT2D eigenvalue weighted by Gasteiger charge is -2.05. The van der Waals surface area contributed by atoms with Crippen molar-refractivity contribution in [2.75, 3.05) is 0 Å². The summed E-state index contributed by atoms with van der Waals surface area (Å²) in [5.74, 6) is 0.313. The summed E-state index contributed by atoms with van der Waals surface area (Å²) in [6.07, 6.45) is 11.5. The van der Waals surface area contributed by atoms with Crippen molar-refractivity contribution in [3.63, 3.8) is 0 Å². The van der Waals surface area contributed by atoms with Gasteiger partial charge in [0.2, 0.25) is 0 Å². The van der Waals surface area contributed by atoms with Crippen LogP contribution >= 0.6 is 0 Å². The van der Waals surface area contributed by atoms with Crippen molar-refractivity contribution in [3.05, 3.63) is 58.7 Å². The molecule has 0 saturated carbocycles. The van der Waals surface area contributed by atoms with Crippen molar-refractivity contribution in [1.82, 2.24) is 0 Å². The monoisotopic (exact) mass is 314 g/mol. The van der Waals surface area contributed by atoms with Gasteiger partial charge in [0.15, 0.2) is 0 Å². The SMILES string of the molecule is CC(C)=CCC/C(C)=C/CC/C(C)=C/Cc1c(O)cccc1O. The number of phenolic OH excluding ortho intramolecular Hbond substituents is 2. The number of allylic oxidation sites excluding steroid dienone is 6. The molecule has 0 heterocycles. The minimum absolute atomic E-state index is 0.157. The Kier molecular flexibility index (Phi) is 8.25. The Morgan fingerprint density at radius 3 is 1.91 bits per heavy atom. The molecule has 0 spiro atoms. The average molecular weight is 314 g/mol. The van der Waals surface area contributed by atoms with Crippen LogP contribution in [-0.4, -0.2) is 10.2 Å². The molecule has 1 rings (SSSR count). The molecule has 1 aromatic carbocycles. The molecule has 126 valence electrons. The topological polar surface area (TPSA) is 40.5 Å². The van der Waals surface area contributed by atoms with Crippen LogP contribution in [0.4, 0.5) is 0 Å². The van der Waals surface area contributed by atoms with Gasteiger partial charge < -0.3 is 10.2 Å². The fourth-order valence-corrected chi connectivity index (χ4v) is 2.39. The van der Waals surface area contributed by atoms with Gasteiger partial charge in [0.1, 0.15) is 11.5 Å². The highest BCUT2D eigenvalue weighted by Crippen LogP contribution is 2.27.